The Bertz CT molecular complexity index is 498. The maximum atomic E-state index is 12.0. The minimum absolute atomic E-state index is 0.198. The third kappa shape index (κ3) is 4.56. The van der Waals surface area contributed by atoms with Crippen LogP contribution < -0.4 is 11.1 Å². The first kappa shape index (κ1) is 17.1. The van der Waals surface area contributed by atoms with Gasteiger partial charge in [0.2, 0.25) is 10.0 Å². The van der Waals surface area contributed by atoms with Crippen LogP contribution in [-0.4, -0.2) is 39.9 Å². The molecule has 0 saturated carbocycles. The van der Waals surface area contributed by atoms with E-state index in [9.17, 15) is 8.42 Å². The van der Waals surface area contributed by atoms with Crippen LogP contribution in [0.25, 0.3) is 0 Å². The van der Waals surface area contributed by atoms with Gasteiger partial charge in [0.05, 0.1) is 4.90 Å². The van der Waals surface area contributed by atoms with Crippen molar-refractivity contribution in [2.24, 2.45) is 5.73 Å². The largest absolute Gasteiger partial charge is 0.330 e. The predicted octanol–water partition coefficient (Wildman–Crippen LogP) is 1.33. The summed E-state index contributed by atoms with van der Waals surface area (Å²) in [4.78, 5) is 0.321. The summed E-state index contributed by atoms with van der Waals surface area (Å²) in [6, 6.07) is 7.23. The Balaban J connectivity index is 2.67. The van der Waals surface area contributed by atoms with Crippen molar-refractivity contribution in [1.82, 2.24) is 9.62 Å². The van der Waals surface area contributed by atoms with Gasteiger partial charge in [-0.15, -0.1) is 0 Å². The highest BCUT2D eigenvalue weighted by atomic mass is 32.2. The minimum atomic E-state index is -3.34. The summed E-state index contributed by atoms with van der Waals surface area (Å²) in [7, 11) is -0.279. The van der Waals surface area contributed by atoms with Crippen LogP contribution in [0.2, 0.25) is 0 Å². The SMILES string of the molecule is CC(NCCCCN)c1ccc(S(=O)(=O)N(C)C)cc1. The lowest BCUT2D eigenvalue weighted by molar-refractivity contribution is 0.520. The number of hydrogen-bond donors (Lipinski definition) is 2. The Morgan fingerprint density at radius 3 is 2.30 bits per heavy atom. The van der Waals surface area contributed by atoms with Crippen molar-refractivity contribution in [2.45, 2.75) is 30.7 Å². The zero-order valence-electron chi connectivity index (χ0n) is 12.5. The van der Waals surface area contributed by atoms with E-state index in [1.54, 1.807) is 12.1 Å². The Morgan fingerprint density at radius 1 is 1.20 bits per heavy atom. The summed E-state index contributed by atoms with van der Waals surface area (Å²) in [6.45, 7) is 3.70. The molecule has 20 heavy (non-hydrogen) atoms. The maximum Gasteiger partial charge on any atom is 0.242 e. The molecule has 0 aliphatic heterocycles. The molecule has 0 fully saturated rings. The van der Waals surface area contributed by atoms with Gasteiger partial charge in [0, 0.05) is 20.1 Å². The van der Waals surface area contributed by atoms with E-state index >= 15 is 0 Å². The van der Waals surface area contributed by atoms with Crippen LogP contribution in [0.5, 0.6) is 0 Å². The van der Waals surface area contributed by atoms with Crippen molar-refractivity contribution >= 4 is 10.0 Å². The lowest BCUT2D eigenvalue weighted by Gasteiger charge is -2.16. The van der Waals surface area contributed by atoms with E-state index in [-0.39, 0.29) is 6.04 Å². The van der Waals surface area contributed by atoms with E-state index in [1.807, 2.05) is 12.1 Å². The normalized spacial score (nSPS) is 13.7. The van der Waals surface area contributed by atoms with Crippen molar-refractivity contribution in [3.8, 4) is 0 Å². The highest BCUT2D eigenvalue weighted by Crippen LogP contribution is 2.18. The van der Waals surface area contributed by atoms with Crippen LogP contribution in [0.15, 0.2) is 29.2 Å². The molecule has 0 aliphatic rings. The Kier molecular flexibility index (Phi) is 6.61. The first-order valence-electron chi connectivity index (χ1n) is 6.85. The fourth-order valence-electron chi connectivity index (χ4n) is 1.85. The van der Waals surface area contributed by atoms with Gasteiger partial charge in [-0.1, -0.05) is 12.1 Å². The lowest BCUT2D eigenvalue weighted by Crippen LogP contribution is -2.23. The zero-order valence-corrected chi connectivity index (χ0v) is 13.3. The molecular weight excluding hydrogens is 274 g/mol. The molecule has 0 heterocycles. The third-order valence-electron chi connectivity index (χ3n) is 3.24. The molecule has 0 spiro atoms. The van der Waals surface area contributed by atoms with Gasteiger partial charge in [-0.2, -0.15) is 0 Å². The molecule has 5 nitrogen and oxygen atoms in total. The van der Waals surface area contributed by atoms with Gasteiger partial charge in [-0.05, 0) is 50.6 Å². The first-order valence-corrected chi connectivity index (χ1v) is 8.29. The summed E-state index contributed by atoms with van der Waals surface area (Å²) in [5.41, 5.74) is 6.53. The van der Waals surface area contributed by atoms with E-state index in [2.05, 4.69) is 12.2 Å². The smallest absolute Gasteiger partial charge is 0.242 e. The van der Waals surface area contributed by atoms with Gasteiger partial charge < -0.3 is 11.1 Å². The second-order valence-electron chi connectivity index (χ2n) is 5.03. The van der Waals surface area contributed by atoms with Gasteiger partial charge in [0.25, 0.3) is 0 Å². The highest BCUT2D eigenvalue weighted by Gasteiger charge is 2.17. The van der Waals surface area contributed by atoms with Crippen LogP contribution >= 0.6 is 0 Å². The topological polar surface area (TPSA) is 75.4 Å². The van der Waals surface area contributed by atoms with Crippen LogP contribution in [0.1, 0.15) is 31.4 Å². The molecule has 0 saturated heterocycles. The summed E-state index contributed by atoms with van der Waals surface area (Å²) >= 11 is 0. The van der Waals surface area contributed by atoms with E-state index in [4.69, 9.17) is 5.73 Å². The molecule has 3 N–H and O–H groups in total. The molecule has 6 heteroatoms. The Morgan fingerprint density at radius 2 is 1.80 bits per heavy atom. The molecule has 1 atom stereocenters. The van der Waals surface area contributed by atoms with Crippen molar-refractivity contribution in [3.63, 3.8) is 0 Å². The zero-order chi connectivity index (χ0) is 15.2. The van der Waals surface area contributed by atoms with E-state index in [0.29, 0.717) is 11.4 Å². The predicted molar refractivity (Wildman–Crippen MR) is 82.0 cm³/mol. The minimum Gasteiger partial charge on any atom is -0.330 e. The molecule has 1 rings (SSSR count). The van der Waals surface area contributed by atoms with Gasteiger partial charge in [-0.25, -0.2) is 12.7 Å². The Hall–Kier alpha value is -0.950. The average Bonchev–Trinajstić information content (AvgIpc) is 2.43. The van der Waals surface area contributed by atoms with Crippen LogP contribution in [0.4, 0.5) is 0 Å². The number of nitrogens with two attached hydrogens (primary N) is 1. The van der Waals surface area contributed by atoms with Crippen LogP contribution in [-0.2, 0) is 10.0 Å². The number of hydrogen-bond acceptors (Lipinski definition) is 4. The summed E-state index contributed by atoms with van der Waals surface area (Å²) in [6.07, 6.45) is 2.06. The molecule has 1 aromatic carbocycles. The molecule has 0 radical (unpaired) electrons. The monoisotopic (exact) mass is 299 g/mol. The molecule has 0 amide bonds. The van der Waals surface area contributed by atoms with E-state index in [0.717, 1.165) is 24.9 Å². The van der Waals surface area contributed by atoms with Gasteiger partial charge >= 0.3 is 0 Å². The number of benzene rings is 1. The Labute approximate surface area is 122 Å². The number of nitrogens with zero attached hydrogens (tertiary/aromatic N) is 1. The molecule has 114 valence electrons. The maximum absolute atomic E-state index is 12.0. The van der Waals surface area contributed by atoms with Crippen molar-refractivity contribution in [3.05, 3.63) is 29.8 Å². The molecule has 0 aliphatic carbocycles. The third-order valence-corrected chi connectivity index (χ3v) is 5.07. The summed E-state index contributed by atoms with van der Waals surface area (Å²) in [5, 5.41) is 3.40. The van der Waals surface area contributed by atoms with E-state index < -0.39 is 10.0 Å². The van der Waals surface area contributed by atoms with Gasteiger partial charge in [0.1, 0.15) is 0 Å². The van der Waals surface area contributed by atoms with Crippen molar-refractivity contribution in [1.29, 1.82) is 0 Å². The number of nitrogens with one attached hydrogen (secondary N) is 1. The molecule has 1 unspecified atom stereocenters. The number of rotatable bonds is 8. The van der Waals surface area contributed by atoms with Crippen LogP contribution in [0.3, 0.4) is 0 Å². The van der Waals surface area contributed by atoms with Crippen molar-refractivity contribution in [2.75, 3.05) is 27.2 Å². The van der Waals surface area contributed by atoms with Gasteiger partial charge in [0.15, 0.2) is 0 Å². The quantitative estimate of drug-likeness (QED) is 0.710. The highest BCUT2D eigenvalue weighted by molar-refractivity contribution is 7.89. The van der Waals surface area contributed by atoms with Gasteiger partial charge in [-0.3, -0.25) is 0 Å². The van der Waals surface area contributed by atoms with Crippen molar-refractivity contribution < 1.29 is 8.42 Å². The summed E-state index contributed by atoms with van der Waals surface area (Å²) in [5.74, 6) is 0. The van der Waals surface area contributed by atoms with Crippen LogP contribution in [0, 0.1) is 0 Å². The number of unbranched alkanes of at least 4 members (excludes halogenated alkanes) is 1. The fourth-order valence-corrected chi connectivity index (χ4v) is 2.75. The second-order valence-corrected chi connectivity index (χ2v) is 7.18. The summed E-state index contributed by atoms with van der Waals surface area (Å²) < 4.78 is 25.1. The standard InChI is InChI=1S/C14H25N3O2S/c1-12(16-11-5-4-10-15)13-6-8-14(9-7-13)20(18,19)17(2)3/h6-9,12,16H,4-5,10-11,15H2,1-3H3. The lowest BCUT2D eigenvalue weighted by atomic mass is 10.1. The molecule has 1 aromatic rings. The van der Waals surface area contributed by atoms with E-state index in [1.165, 1.54) is 18.4 Å². The first-order chi connectivity index (χ1) is 9.39. The average molecular weight is 299 g/mol. The molecule has 0 aromatic heterocycles. The fraction of sp³-hybridized carbons (Fsp3) is 0.571. The second kappa shape index (κ2) is 7.73. The number of sulfonamides is 1. The molecule has 0 bridgehead atoms. The molecular formula is C14H25N3O2S.